The van der Waals surface area contributed by atoms with E-state index >= 15 is 0 Å². The number of fused-ring (bicyclic) bond motifs is 1. The summed E-state index contributed by atoms with van der Waals surface area (Å²) in [6, 6.07) is 18.0. The Kier molecular flexibility index (Phi) is 4.67. The largest absolute Gasteiger partial charge is 0.319 e. The number of thioether (sulfide) groups is 1. The molecule has 2 aromatic carbocycles. The number of hydrogen-bond acceptors (Lipinski definition) is 2. The van der Waals surface area contributed by atoms with E-state index in [-0.39, 0.29) is 0 Å². The molecule has 2 heteroatoms. The predicted octanol–water partition coefficient (Wildman–Crippen LogP) is 4.58. The lowest BCUT2D eigenvalue weighted by molar-refractivity contribution is 0.538. The molecule has 1 heterocycles. The number of benzene rings is 2. The SMILES string of the molecule is CNCC(CC1CSc2ccccc21)c1ccc(C)cc1. The van der Waals surface area contributed by atoms with Crippen LogP contribution in [0.4, 0.5) is 0 Å². The lowest BCUT2D eigenvalue weighted by atomic mass is 9.86. The molecule has 1 aliphatic heterocycles. The van der Waals surface area contributed by atoms with E-state index < -0.39 is 0 Å². The fourth-order valence-corrected chi connectivity index (χ4v) is 4.46. The minimum absolute atomic E-state index is 0.590. The maximum absolute atomic E-state index is 3.37. The van der Waals surface area contributed by atoms with Crippen molar-refractivity contribution in [2.24, 2.45) is 0 Å². The first-order valence-corrected chi connectivity index (χ1v) is 8.69. The highest BCUT2D eigenvalue weighted by Crippen LogP contribution is 2.43. The van der Waals surface area contributed by atoms with E-state index in [9.17, 15) is 0 Å². The van der Waals surface area contributed by atoms with Crippen LogP contribution < -0.4 is 5.32 Å². The molecular formula is C19H23NS. The van der Waals surface area contributed by atoms with E-state index in [4.69, 9.17) is 0 Å². The number of rotatable bonds is 5. The summed E-state index contributed by atoms with van der Waals surface area (Å²) in [4.78, 5) is 1.48. The van der Waals surface area contributed by atoms with Gasteiger partial charge in [-0.3, -0.25) is 0 Å². The molecule has 0 bridgehead atoms. The highest BCUT2D eigenvalue weighted by atomic mass is 32.2. The van der Waals surface area contributed by atoms with Crippen molar-refractivity contribution in [2.45, 2.75) is 30.1 Å². The van der Waals surface area contributed by atoms with Crippen molar-refractivity contribution >= 4 is 11.8 Å². The Labute approximate surface area is 132 Å². The maximum Gasteiger partial charge on any atom is 0.0107 e. The summed E-state index contributed by atoms with van der Waals surface area (Å²) in [6.07, 6.45) is 1.23. The summed E-state index contributed by atoms with van der Waals surface area (Å²) < 4.78 is 0. The molecule has 0 aromatic heterocycles. The molecule has 2 unspecified atom stereocenters. The zero-order valence-corrected chi connectivity index (χ0v) is 13.6. The molecular weight excluding hydrogens is 274 g/mol. The predicted molar refractivity (Wildman–Crippen MR) is 92.4 cm³/mol. The monoisotopic (exact) mass is 297 g/mol. The quantitative estimate of drug-likeness (QED) is 0.867. The van der Waals surface area contributed by atoms with Crippen LogP contribution >= 0.6 is 11.8 Å². The van der Waals surface area contributed by atoms with Crippen molar-refractivity contribution in [3.63, 3.8) is 0 Å². The Balaban J connectivity index is 1.79. The third kappa shape index (κ3) is 3.33. The van der Waals surface area contributed by atoms with Crippen molar-refractivity contribution in [1.82, 2.24) is 5.32 Å². The van der Waals surface area contributed by atoms with Gasteiger partial charge in [-0.1, -0.05) is 48.0 Å². The van der Waals surface area contributed by atoms with Gasteiger partial charge in [0.05, 0.1) is 0 Å². The van der Waals surface area contributed by atoms with Crippen molar-refractivity contribution in [3.05, 3.63) is 65.2 Å². The van der Waals surface area contributed by atoms with Crippen LogP contribution in [0.3, 0.4) is 0 Å². The molecule has 0 radical (unpaired) electrons. The van der Waals surface area contributed by atoms with Gasteiger partial charge in [0.25, 0.3) is 0 Å². The molecule has 0 fully saturated rings. The van der Waals surface area contributed by atoms with Crippen LogP contribution in [0.25, 0.3) is 0 Å². The Hall–Kier alpha value is -1.25. The van der Waals surface area contributed by atoms with Crippen LogP contribution in [-0.2, 0) is 0 Å². The zero-order valence-electron chi connectivity index (χ0n) is 12.8. The molecule has 110 valence electrons. The third-order valence-electron chi connectivity index (χ3n) is 4.37. The van der Waals surface area contributed by atoms with E-state index in [0.717, 1.165) is 6.54 Å². The van der Waals surface area contributed by atoms with E-state index in [1.807, 2.05) is 11.8 Å². The van der Waals surface area contributed by atoms with Gasteiger partial charge in [0.1, 0.15) is 0 Å². The van der Waals surface area contributed by atoms with Crippen molar-refractivity contribution in [1.29, 1.82) is 0 Å². The number of nitrogens with one attached hydrogen (secondary N) is 1. The normalized spacial score (nSPS) is 18.5. The summed E-state index contributed by atoms with van der Waals surface area (Å²) >= 11 is 2.01. The molecule has 0 aliphatic carbocycles. The fourth-order valence-electron chi connectivity index (χ4n) is 3.19. The van der Waals surface area contributed by atoms with Gasteiger partial charge in [0.15, 0.2) is 0 Å². The number of likely N-dealkylation sites (N-methyl/N-ethyl adjacent to an activating group) is 1. The van der Waals surface area contributed by atoms with Crippen LogP contribution in [0.1, 0.15) is 34.9 Å². The van der Waals surface area contributed by atoms with Gasteiger partial charge >= 0.3 is 0 Å². The Bertz CT molecular complexity index is 591. The summed E-state index contributed by atoms with van der Waals surface area (Å²) in [5, 5.41) is 3.37. The van der Waals surface area contributed by atoms with E-state index in [0.29, 0.717) is 11.8 Å². The Morgan fingerprint density at radius 2 is 1.90 bits per heavy atom. The minimum Gasteiger partial charge on any atom is -0.319 e. The van der Waals surface area contributed by atoms with Crippen LogP contribution in [0.15, 0.2) is 53.4 Å². The van der Waals surface area contributed by atoms with Crippen molar-refractivity contribution in [2.75, 3.05) is 19.3 Å². The molecule has 0 saturated heterocycles. The number of hydrogen-bond donors (Lipinski definition) is 1. The highest BCUT2D eigenvalue weighted by Gasteiger charge is 2.26. The van der Waals surface area contributed by atoms with Gasteiger partial charge < -0.3 is 5.32 Å². The lowest BCUT2D eigenvalue weighted by Crippen LogP contribution is -2.19. The van der Waals surface area contributed by atoms with Crippen LogP contribution in [0, 0.1) is 6.92 Å². The van der Waals surface area contributed by atoms with Gasteiger partial charge in [-0.25, -0.2) is 0 Å². The summed E-state index contributed by atoms with van der Waals surface area (Å²) in [5.74, 6) is 2.50. The Morgan fingerprint density at radius 3 is 2.67 bits per heavy atom. The second-order valence-electron chi connectivity index (χ2n) is 5.95. The first-order chi connectivity index (χ1) is 10.3. The molecule has 0 spiro atoms. The van der Waals surface area contributed by atoms with E-state index in [2.05, 4.69) is 67.8 Å². The van der Waals surface area contributed by atoms with Gasteiger partial charge in [-0.2, -0.15) is 0 Å². The smallest absolute Gasteiger partial charge is 0.0107 e. The molecule has 0 saturated carbocycles. The zero-order chi connectivity index (χ0) is 14.7. The molecule has 1 nitrogen and oxygen atoms in total. The summed E-state index contributed by atoms with van der Waals surface area (Å²) in [7, 11) is 2.05. The first kappa shape index (κ1) is 14.7. The van der Waals surface area contributed by atoms with Gasteiger partial charge in [-0.05, 0) is 49.4 Å². The average Bonchev–Trinajstić information content (AvgIpc) is 2.91. The van der Waals surface area contributed by atoms with E-state index in [1.54, 1.807) is 5.56 Å². The van der Waals surface area contributed by atoms with Crippen LogP contribution in [0.5, 0.6) is 0 Å². The van der Waals surface area contributed by atoms with Crippen molar-refractivity contribution in [3.8, 4) is 0 Å². The van der Waals surface area contributed by atoms with Gasteiger partial charge in [-0.15, -0.1) is 11.8 Å². The third-order valence-corrected chi connectivity index (χ3v) is 5.62. The maximum atomic E-state index is 3.37. The highest BCUT2D eigenvalue weighted by molar-refractivity contribution is 7.99. The molecule has 3 rings (SSSR count). The average molecular weight is 297 g/mol. The molecule has 1 aliphatic rings. The Morgan fingerprint density at radius 1 is 1.14 bits per heavy atom. The summed E-state index contributed by atoms with van der Waals surface area (Å²) in [6.45, 7) is 3.20. The first-order valence-electron chi connectivity index (χ1n) is 7.71. The minimum atomic E-state index is 0.590. The molecule has 0 amide bonds. The van der Waals surface area contributed by atoms with Crippen molar-refractivity contribution < 1.29 is 0 Å². The molecule has 21 heavy (non-hydrogen) atoms. The van der Waals surface area contributed by atoms with Gasteiger partial charge in [0, 0.05) is 17.2 Å². The summed E-state index contributed by atoms with van der Waals surface area (Å²) in [5.41, 5.74) is 4.35. The molecule has 2 atom stereocenters. The van der Waals surface area contributed by atoms with Gasteiger partial charge in [0.2, 0.25) is 0 Å². The molecule has 1 N–H and O–H groups in total. The van der Waals surface area contributed by atoms with Crippen LogP contribution in [0.2, 0.25) is 0 Å². The second-order valence-corrected chi connectivity index (χ2v) is 7.01. The van der Waals surface area contributed by atoms with E-state index in [1.165, 1.54) is 28.2 Å². The molecule has 2 aromatic rings. The lowest BCUT2D eigenvalue weighted by Gasteiger charge is -2.21. The fraction of sp³-hybridized carbons (Fsp3) is 0.368. The number of aryl methyl sites for hydroxylation is 1. The second kappa shape index (κ2) is 6.67. The standard InChI is InChI=1S/C19H23NS/c1-14-7-9-15(10-8-14)16(12-20-2)11-17-13-21-19-6-4-3-5-18(17)19/h3-10,16-17,20H,11-13H2,1-2H3. The topological polar surface area (TPSA) is 12.0 Å². The van der Waals surface area contributed by atoms with Crippen LogP contribution in [-0.4, -0.2) is 19.3 Å².